The van der Waals surface area contributed by atoms with Crippen molar-refractivity contribution in [3.05, 3.63) is 102 Å². The first-order valence-electron chi connectivity index (χ1n) is 12.9. The maximum absolute atomic E-state index is 13.6. The molecule has 0 fully saturated rings. The summed E-state index contributed by atoms with van der Waals surface area (Å²) in [6, 6.07) is 18.6. The van der Waals surface area contributed by atoms with E-state index < -0.39 is 0 Å². The minimum Gasteiger partial charge on any atom is -0.496 e. The number of methoxy groups -OCH3 is 1. The molecule has 2 amide bonds. The van der Waals surface area contributed by atoms with E-state index in [2.05, 4.69) is 21.4 Å². The average Bonchev–Trinajstić information content (AvgIpc) is 3.57. The Kier molecular flexibility index (Phi) is 6.54. The van der Waals surface area contributed by atoms with Gasteiger partial charge in [0.1, 0.15) is 17.1 Å². The molecule has 5 aromatic rings. The lowest BCUT2D eigenvalue weighted by atomic mass is 10.1. The average molecular weight is 521 g/mol. The molecule has 3 aromatic carbocycles. The molecule has 0 spiro atoms. The van der Waals surface area contributed by atoms with Crippen LogP contribution in [0.3, 0.4) is 0 Å². The van der Waals surface area contributed by atoms with Crippen molar-refractivity contribution in [2.75, 3.05) is 23.9 Å². The van der Waals surface area contributed by atoms with E-state index in [1.54, 1.807) is 30.7 Å². The Labute approximate surface area is 225 Å². The molecule has 0 bridgehead atoms. The number of anilines is 2. The number of rotatable bonds is 6. The van der Waals surface area contributed by atoms with Crippen molar-refractivity contribution in [3.63, 3.8) is 0 Å². The monoisotopic (exact) mass is 520 g/mol. The standard InChI is InChI=1S/C30H28N6O3/c1-39-26-17-21(30(38)36-15-5-4-8-20-7-2-3-11-25(20)36)12-13-22(26)29(37)33-24-10-6-9-23-28(24)34-27(32-23)18-35-16-14-31-19-35/h2-3,6-7,9-14,16-17,19H,4-5,8,15,18H2,1H3,(H,32,34)(H,33,37). The van der Waals surface area contributed by atoms with Gasteiger partial charge in [-0.25, -0.2) is 9.97 Å². The Morgan fingerprint density at radius 1 is 1.08 bits per heavy atom. The zero-order valence-electron chi connectivity index (χ0n) is 21.6. The topological polar surface area (TPSA) is 105 Å². The minimum atomic E-state index is -0.349. The van der Waals surface area contributed by atoms with Crippen molar-refractivity contribution in [1.29, 1.82) is 0 Å². The first-order chi connectivity index (χ1) is 19.1. The van der Waals surface area contributed by atoms with Gasteiger partial charge in [-0.15, -0.1) is 0 Å². The zero-order valence-corrected chi connectivity index (χ0v) is 21.6. The Hall–Kier alpha value is -4.92. The Balaban J connectivity index is 1.25. The number of carbonyl (C=O) groups is 2. The first kappa shape index (κ1) is 24.4. The normalized spacial score (nSPS) is 13.1. The predicted molar refractivity (Wildman–Crippen MR) is 149 cm³/mol. The third-order valence-electron chi connectivity index (χ3n) is 7.00. The van der Waals surface area contributed by atoms with Gasteiger partial charge >= 0.3 is 0 Å². The van der Waals surface area contributed by atoms with E-state index in [-0.39, 0.29) is 11.8 Å². The van der Waals surface area contributed by atoms with Gasteiger partial charge in [0.05, 0.1) is 36.7 Å². The van der Waals surface area contributed by atoms with E-state index in [0.717, 1.165) is 36.3 Å². The van der Waals surface area contributed by atoms with Gasteiger partial charge in [0.15, 0.2) is 0 Å². The summed E-state index contributed by atoms with van der Waals surface area (Å²) in [5.74, 6) is 0.621. The van der Waals surface area contributed by atoms with Gasteiger partial charge in [-0.3, -0.25) is 9.59 Å². The molecule has 1 aliphatic rings. The fraction of sp³-hybridized carbons (Fsp3) is 0.200. The molecule has 3 heterocycles. The van der Waals surface area contributed by atoms with Crippen LogP contribution in [0.15, 0.2) is 79.4 Å². The summed E-state index contributed by atoms with van der Waals surface area (Å²) in [6.45, 7) is 1.18. The molecule has 0 saturated carbocycles. The van der Waals surface area contributed by atoms with Gasteiger partial charge in [-0.1, -0.05) is 24.3 Å². The van der Waals surface area contributed by atoms with Crippen molar-refractivity contribution < 1.29 is 14.3 Å². The summed E-state index contributed by atoms with van der Waals surface area (Å²) in [7, 11) is 1.50. The summed E-state index contributed by atoms with van der Waals surface area (Å²) in [4.78, 5) is 40.8. The molecule has 6 rings (SSSR count). The van der Waals surface area contributed by atoms with Crippen LogP contribution in [0.4, 0.5) is 11.4 Å². The highest BCUT2D eigenvalue weighted by Gasteiger charge is 2.24. The first-order valence-corrected chi connectivity index (χ1v) is 12.9. The number of H-pyrrole nitrogens is 1. The van der Waals surface area contributed by atoms with Crippen LogP contribution in [0.5, 0.6) is 5.75 Å². The van der Waals surface area contributed by atoms with Gasteiger partial charge < -0.3 is 24.5 Å². The number of fused-ring (bicyclic) bond motifs is 2. The van der Waals surface area contributed by atoms with Crippen LogP contribution in [0.1, 0.15) is 44.9 Å². The van der Waals surface area contributed by atoms with E-state index >= 15 is 0 Å². The van der Waals surface area contributed by atoms with Gasteiger partial charge in [-0.05, 0) is 61.2 Å². The minimum absolute atomic E-state index is 0.110. The maximum Gasteiger partial charge on any atom is 0.259 e. The summed E-state index contributed by atoms with van der Waals surface area (Å²) in [5.41, 5.74) is 4.97. The number of ether oxygens (including phenoxy) is 1. The molecule has 2 N–H and O–H groups in total. The number of aryl methyl sites for hydroxylation is 1. The molecule has 2 aromatic heterocycles. The molecule has 9 heteroatoms. The number of benzene rings is 3. The molecule has 0 atom stereocenters. The van der Waals surface area contributed by atoms with E-state index in [1.165, 1.54) is 12.7 Å². The molecule has 196 valence electrons. The van der Waals surface area contributed by atoms with Gasteiger partial charge in [0.2, 0.25) is 0 Å². The number of nitrogens with zero attached hydrogens (tertiary/aromatic N) is 4. The highest BCUT2D eigenvalue weighted by Crippen LogP contribution is 2.30. The molecule has 1 aliphatic heterocycles. The van der Waals surface area contributed by atoms with Crippen molar-refractivity contribution >= 4 is 34.2 Å². The quantitative estimate of drug-likeness (QED) is 0.326. The molecule has 0 radical (unpaired) electrons. The highest BCUT2D eigenvalue weighted by molar-refractivity contribution is 6.11. The van der Waals surface area contributed by atoms with Crippen LogP contribution >= 0.6 is 0 Å². The second-order valence-electron chi connectivity index (χ2n) is 9.53. The predicted octanol–water partition coefficient (Wildman–Crippen LogP) is 5.05. The fourth-order valence-corrected chi connectivity index (χ4v) is 5.07. The number of imidazole rings is 2. The molecule has 0 unspecified atom stereocenters. The molecule has 0 aliphatic carbocycles. The lowest BCUT2D eigenvalue weighted by Crippen LogP contribution is -2.31. The van der Waals surface area contributed by atoms with Crippen LogP contribution in [-0.2, 0) is 13.0 Å². The molecule has 0 saturated heterocycles. The summed E-state index contributed by atoms with van der Waals surface area (Å²) in [5, 5.41) is 2.97. The van der Waals surface area contributed by atoms with E-state index in [1.807, 2.05) is 52.1 Å². The van der Waals surface area contributed by atoms with Crippen LogP contribution in [0, 0.1) is 0 Å². The van der Waals surface area contributed by atoms with Crippen molar-refractivity contribution in [1.82, 2.24) is 19.5 Å². The number of nitrogens with one attached hydrogen (secondary N) is 2. The van der Waals surface area contributed by atoms with Crippen LogP contribution < -0.4 is 15.0 Å². The van der Waals surface area contributed by atoms with Gasteiger partial charge in [-0.2, -0.15) is 0 Å². The number of aromatic amines is 1. The highest BCUT2D eigenvalue weighted by atomic mass is 16.5. The van der Waals surface area contributed by atoms with E-state index in [4.69, 9.17) is 9.72 Å². The Morgan fingerprint density at radius 2 is 1.97 bits per heavy atom. The summed E-state index contributed by atoms with van der Waals surface area (Å²) >= 11 is 0. The molecule has 39 heavy (non-hydrogen) atoms. The Bertz CT molecular complexity index is 1660. The zero-order chi connectivity index (χ0) is 26.8. The lowest BCUT2D eigenvalue weighted by molar-refractivity contribution is 0.0982. The van der Waals surface area contributed by atoms with Crippen molar-refractivity contribution in [2.24, 2.45) is 0 Å². The number of para-hydroxylation sites is 2. The summed E-state index contributed by atoms with van der Waals surface area (Å²) in [6.07, 6.45) is 8.23. The van der Waals surface area contributed by atoms with Crippen LogP contribution in [-0.4, -0.2) is 45.0 Å². The smallest absolute Gasteiger partial charge is 0.259 e. The van der Waals surface area contributed by atoms with Gasteiger partial charge in [0.25, 0.3) is 11.8 Å². The molecule has 9 nitrogen and oxygen atoms in total. The van der Waals surface area contributed by atoms with Crippen LogP contribution in [0.2, 0.25) is 0 Å². The SMILES string of the molecule is COc1cc(C(=O)N2CCCCc3ccccc32)ccc1C(=O)Nc1cccc2[nH]c(Cn3ccnc3)nc12. The number of amides is 2. The lowest BCUT2D eigenvalue weighted by Gasteiger charge is -2.23. The number of hydrogen-bond donors (Lipinski definition) is 2. The van der Waals surface area contributed by atoms with Gasteiger partial charge in [0, 0.05) is 30.2 Å². The maximum atomic E-state index is 13.6. The Morgan fingerprint density at radius 3 is 2.82 bits per heavy atom. The number of carbonyl (C=O) groups excluding carboxylic acids is 2. The molecular weight excluding hydrogens is 492 g/mol. The van der Waals surface area contributed by atoms with E-state index in [0.29, 0.717) is 41.2 Å². The number of aromatic nitrogens is 4. The van der Waals surface area contributed by atoms with Crippen molar-refractivity contribution in [2.45, 2.75) is 25.8 Å². The third-order valence-corrected chi connectivity index (χ3v) is 7.00. The van der Waals surface area contributed by atoms with Crippen LogP contribution in [0.25, 0.3) is 11.0 Å². The second kappa shape index (κ2) is 10.4. The third kappa shape index (κ3) is 4.86. The largest absolute Gasteiger partial charge is 0.496 e. The second-order valence-corrected chi connectivity index (χ2v) is 9.53. The number of hydrogen-bond acceptors (Lipinski definition) is 5. The summed E-state index contributed by atoms with van der Waals surface area (Å²) < 4.78 is 7.48. The van der Waals surface area contributed by atoms with E-state index in [9.17, 15) is 9.59 Å². The van der Waals surface area contributed by atoms with Crippen molar-refractivity contribution in [3.8, 4) is 5.75 Å². The molecular formula is C30H28N6O3. The fourth-order valence-electron chi connectivity index (χ4n) is 5.07.